The lowest BCUT2D eigenvalue weighted by atomic mass is 10.1. The Morgan fingerprint density at radius 2 is 2.00 bits per heavy atom. The van der Waals surface area contributed by atoms with Crippen molar-refractivity contribution < 1.29 is 4.79 Å². The third-order valence-electron chi connectivity index (χ3n) is 2.07. The minimum absolute atomic E-state index is 0.0944. The monoisotopic (exact) mass is 198 g/mol. The summed E-state index contributed by atoms with van der Waals surface area (Å²) in [6, 6.07) is 8.85. The highest BCUT2D eigenvalue weighted by Gasteiger charge is 2.09. The summed E-state index contributed by atoms with van der Waals surface area (Å²) in [7, 11) is 0. The number of hydrogen-bond donors (Lipinski definition) is 0. The molecule has 3 nitrogen and oxygen atoms in total. The molecule has 0 saturated carbocycles. The Morgan fingerprint density at radius 3 is 2.60 bits per heavy atom. The Morgan fingerprint density at radius 1 is 1.13 bits per heavy atom. The van der Waals surface area contributed by atoms with E-state index in [1.807, 2.05) is 13.0 Å². The summed E-state index contributed by atoms with van der Waals surface area (Å²) in [5.74, 6) is -0.0944. The van der Waals surface area contributed by atoms with Crippen molar-refractivity contribution in [1.29, 1.82) is 0 Å². The van der Waals surface area contributed by atoms with Crippen LogP contribution in [0.4, 0.5) is 0 Å². The van der Waals surface area contributed by atoms with Crippen LogP contribution >= 0.6 is 0 Å². The second-order valence-corrected chi connectivity index (χ2v) is 3.23. The molecule has 0 fully saturated rings. The van der Waals surface area contributed by atoms with Gasteiger partial charge in [-0.05, 0) is 31.2 Å². The van der Waals surface area contributed by atoms with Crippen molar-refractivity contribution in [3.8, 4) is 0 Å². The molecule has 0 unspecified atom stereocenters. The fourth-order valence-electron chi connectivity index (χ4n) is 1.25. The lowest BCUT2D eigenvalue weighted by Gasteiger charge is -1.99. The smallest absolute Gasteiger partial charge is 0.212 e. The van der Waals surface area contributed by atoms with Crippen LogP contribution in [-0.2, 0) is 0 Å². The molecular formula is C12H10N2O. The maximum atomic E-state index is 11.9. The van der Waals surface area contributed by atoms with Crippen LogP contribution in [0.1, 0.15) is 21.7 Å². The zero-order valence-corrected chi connectivity index (χ0v) is 8.34. The topological polar surface area (TPSA) is 42.9 Å². The van der Waals surface area contributed by atoms with Gasteiger partial charge in [-0.25, -0.2) is 0 Å². The van der Waals surface area contributed by atoms with E-state index >= 15 is 0 Å². The van der Waals surface area contributed by atoms with Gasteiger partial charge in [0.1, 0.15) is 5.69 Å². The average molecular weight is 198 g/mol. The molecule has 0 saturated heterocycles. The molecule has 2 aromatic rings. The van der Waals surface area contributed by atoms with Gasteiger partial charge < -0.3 is 0 Å². The van der Waals surface area contributed by atoms with Crippen LogP contribution in [0.2, 0.25) is 0 Å². The summed E-state index contributed by atoms with van der Waals surface area (Å²) in [5, 5.41) is 0. The summed E-state index contributed by atoms with van der Waals surface area (Å²) in [6.45, 7) is 1.88. The Bertz CT molecular complexity index is 463. The number of carbonyl (C=O) groups excluding carboxylic acids is 1. The average Bonchev–Trinajstić information content (AvgIpc) is 2.30. The molecule has 0 spiro atoms. The normalized spacial score (nSPS) is 9.93. The van der Waals surface area contributed by atoms with Gasteiger partial charge in [-0.3, -0.25) is 14.8 Å². The second-order valence-electron chi connectivity index (χ2n) is 3.23. The molecule has 2 heterocycles. The molecule has 74 valence electrons. The summed E-state index contributed by atoms with van der Waals surface area (Å²) >= 11 is 0. The van der Waals surface area contributed by atoms with Crippen LogP contribution < -0.4 is 0 Å². The predicted octanol–water partition coefficient (Wildman–Crippen LogP) is 2.02. The quantitative estimate of drug-likeness (QED) is 0.693. The van der Waals surface area contributed by atoms with Crippen LogP contribution in [-0.4, -0.2) is 15.8 Å². The molecule has 0 N–H and O–H groups in total. The van der Waals surface area contributed by atoms with Gasteiger partial charge in [0, 0.05) is 23.7 Å². The molecule has 0 aliphatic rings. The van der Waals surface area contributed by atoms with E-state index in [0.717, 1.165) is 5.69 Å². The zero-order valence-electron chi connectivity index (χ0n) is 8.34. The molecule has 3 heteroatoms. The number of aromatic nitrogens is 2. The van der Waals surface area contributed by atoms with E-state index in [4.69, 9.17) is 0 Å². The van der Waals surface area contributed by atoms with Gasteiger partial charge in [0.05, 0.1) is 0 Å². The minimum Gasteiger partial charge on any atom is -0.287 e. The van der Waals surface area contributed by atoms with E-state index in [9.17, 15) is 4.79 Å². The Kier molecular flexibility index (Phi) is 2.54. The van der Waals surface area contributed by atoms with Crippen LogP contribution in [0.5, 0.6) is 0 Å². The van der Waals surface area contributed by atoms with E-state index in [1.54, 1.807) is 36.7 Å². The maximum absolute atomic E-state index is 11.9. The van der Waals surface area contributed by atoms with E-state index < -0.39 is 0 Å². The van der Waals surface area contributed by atoms with Crippen LogP contribution in [0.3, 0.4) is 0 Å². The fourth-order valence-corrected chi connectivity index (χ4v) is 1.25. The molecule has 2 rings (SSSR count). The van der Waals surface area contributed by atoms with Crippen molar-refractivity contribution in [2.45, 2.75) is 6.92 Å². The second kappa shape index (κ2) is 4.00. The first-order chi connectivity index (χ1) is 7.27. The molecule has 15 heavy (non-hydrogen) atoms. The number of ketones is 1. The molecule has 0 aliphatic carbocycles. The Balaban J connectivity index is 2.33. The first-order valence-corrected chi connectivity index (χ1v) is 4.66. The van der Waals surface area contributed by atoms with Crippen LogP contribution in [0.15, 0.2) is 42.7 Å². The lowest BCUT2D eigenvalue weighted by Crippen LogP contribution is -2.03. The highest BCUT2D eigenvalue weighted by molar-refractivity contribution is 6.07. The van der Waals surface area contributed by atoms with Crippen LogP contribution in [0, 0.1) is 6.92 Å². The highest BCUT2D eigenvalue weighted by atomic mass is 16.1. The van der Waals surface area contributed by atoms with Gasteiger partial charge >= 0.3 is 0 Å². The van der Waals surface area contributed by atoms with Gasteiger partial charge in [-0.15, -0.1) is 0 Å². The lowest BCUT2D eigenvalue weighted by molar-refractivity contribution is 0.103. The first-order valence-electron chi connectivity index (χ1n) is 4.66. The van der Waals surface area contributed by atoms with Crippen molar-refractivity contribution in [3.63, 3.8) is 0 Å². The number of aryl methyl sites for hydroxylation is 1. The molecule has 0 aromatic carbocycles. The number of nitrogens with zero attached hydrogens (tertiary/aromatic N) is 2. The van der Waals surface area contributed by atoms with Gasteiger partial charge in [0.25, 0.3) is 0 Å². The number of carbonyl (C=O) groups is 1. The van der Waals surface area contributed by atoms with Crippen molar-refractivity contribution in [1.82, 2.24) is 9.97 Å². The van der Waals surface area contributed by atoms with Crippen molar-refractivity contribution in [3.05, 3.63) is 59.7 Å². The van der Waals surface area contributed by atoms with Gasteiger partial charge in [-0.2, -0.15) is 0 Å². The fraction of sp³-hybridized carbons (Fsp3) is 0.0833. The van der Waals surface area contributed by atoms with Crippen molar-refractivity contribution >= 4 is 5.78 Å². The van der Waals surface area contributed by atoms with E-state index in [-0.39, 0.29) is 5.78 Å². The number of hydrogen-bond acceptors (Lipinski definition) is 3. The highest BCUT2D eigenvalue weighted by Crippen LogP contribution is 2.06. The molecule has 0 aliphatic heterocycles. The Labute approximate surface area is 87.8 Å². The summed E-state index contributed by atoms with van der Waals surface area (Å²) in [5.41, 5.74) is 1.91. The number of rotatable bonds is 2. The van der Waals surface area contributed by atoms with E-state index in [0.29, 0.717) is 11.3 Å². The standard InChI is InChI=1S/C12H10N2O/c1-9-5-6-10(8-14-9)12(15)11-4-2-3-7-13-11/h2-8H,1H3. The minimum atomic E-state index is -0.0944. The predicted molar refractivity (Wildman–Crippen MR) is 56.6 cm³/mol. The Hall–Kier alpha value is -2.03. The maximum Gasteiger partial charge on any atom is 0.212 e. The largest absolute Gasteiger partial charge is 0.287 e. The third-order valence-corrected chi connectivity index (χ3v) is 2.07. The molecule has 0 bridgehead atoms. The van der Waals surface area contributed by atoms with Gasteiger partial charge in [0.2, 0.25) is 5.78 Å². The SMILES string of the molecule is Cc1ccc(C(=O)c2ccccn2)cn1. The molecule has 0 radical (unpaired) electrons. The molecule has 0 atom stereocenters. The van der Waals surface area contributed by atoms with E-state index in [2.05, 4.69) is 9.97 Å². The molecular weight excluding hydrogens is 188 g/mol. The van der Waals surface area contributed by atoms with Crippen LogP contribution in [0.25, 0.3) is 0 Å². The van der Waals surface area contributed by atoms with Crippen molar-refractivity contribution in [2.24, 2.45) is 0 Å². The molecule has 0 amide bonds. The van der Waals surface area contributed by atoms with Crippen molar-refractivity contribution in [2.75, 3.05) is 0 Å². The summed E-state index contributed by atoms with van der Waals surface area (Å²) in [6.07, 6.45) is 3.18. The summed E-state index contributed by atoms with van der Waals surface area (Å²) < 4.78 is 0. The van der Waals surface area contributed by atoms with Gasteiger partial charge in [-0.1, -0.05) is 6.07 Å². The summed E-state index contributed by atoms with van der Waals surface area (Å²) in [4.78, 5) is 19.9. The van der Waals surface area contributed by atoms with E-state index in [1.165, 1.54) is 0 Å². The zero-order chi connectivity index (χ0) is 10.7. The molecule has 2 aromatic heterocycles. The first kappa shape index (κ1) is 9.52. The van der Waals surface area contributed by atoms with Gasteiger partial charge in [0.15, 0.2) is 0 Å². The number of pyridine rings is 2. The third kappa shape index (κ3) is 2.07.